The molecule has 5 nitrogen and oxygen atoms in total. The quantitative estimate of drug-likeness (QED) is 0.843. The highest BCUT2D eigenvalue weighted by atomic mass is 35.5. The number of aromatic nitrogens is 2. The van der Waals surface area contributed by atoms with Gasteiger partial charge in [0.15, 0.2) is 0 Å². The largest absolute Gasteiger partial charge is 0.338 e. The lowest BCUT2D eigenvalue weighted by Crippen LogP contribution is -2.42. The zero-order chi connectivity index (χ0) is 17.6. The number of benzene rings is 1. The van der Waals surface area contributed by atoms with E-state index >= 15 is 0 Å². The van der Waals surface area contributed by atoms with Gasteiger partial charge in [-0.2, -0.15) is 5.10 Å². The molecule has 1 saturated heterocycles. The molecule has 1 atom stereocenters. The van der Waals surface area contributed by atoms with E-state index in [0.717, 1.165) is 43.7 Å². The molecule has 1 amide bonds. The van der Waals surface area contributed by atoms with Gasteiger partial charge in [-0.15, -0.1) is 12.4 Å². The number of halogens is 1. The minimum absolute atomic E-state index is 0. The van der Waals surface area contributed by atoms with Gasteiger partial charge in [0, 0.05) is 13.1 Å². The fourth-order valence-corrected chi connectivity index (χ4v) is 3.73. The second-order valence-corrected chi connectivity index (χ2v) is 6.82. The predicted octanol–water partition coefficient (Wildman–Crippen LogP) is 2.99. The average Bonchev–Trinajstić information content (AvgIpc) is 3.05. The highest BCUT2D eigenvalue weighted by molar-refractivity contribution is 5.95. The summed E-state index contributed by atoms with van der Waals surface area (Å²) in [7, 11) is 1.98. The molecule has 0 aliphatic carbocycles. The van der Waals surface area contributed by atoms with Gasteiger partial charge in [-0.1, -0.05) is 37.3 Å². The summed E-state index contributed by atoms with van der Waals surface area (Å²) in [6.07, 6.45) is 4.84. The Hall–Kier alpha value is -1.85. The number of amides is 1. The lowest BCUT2D eigenvalue weighted by atomic mass is 9.97. The van der Waals surface area contributed by atoms with E-state index < -0.39 is 0 Å². The van der Waals surface area contributed by atoms with Crippen molar-refractivity contribution in [1.82, 2.24) is 20.0 Å². The van der Waals surface area contributed by atoms with E-state index in [9.17, 15) is 4.79 Å². The van der Waals surface area contributed by atoms with E-state index in [1.165, 1.54) is 12.0 Å². The van der Waals surface area contributed by atoms with Crippen molar-refractivity contribution in [3.63, 3.8) is 0 Å². The van der Waals surface area contributed by atoms with Crippen LogP contribution in [-0.4, -0.2) is 47.3 Å². The molecule has 2 aromatic rings. The predicted molar refractivity (Wildman–Crippen MR) is 107 cm³/mol. The summed E-state index contributed by atoms with van der Waals surface area (Å²) in [5.41, 5.74) is 3.00. The number of carbonyl (C=O) groups excluding carboxylic acids is 1. The summed E-state index contributed by atoms with van der Waals surface area (Å²) in [6.45, 7) is 5.46. The maximum Gasteiger partial charge on any atom is 0.257 e. The van der Waals surface area contributed by atoms with E-state index in [0.29, 0.717) is 12.5 Å². The van der Waals surface area contributed by atoms with Gasteiger partial charge in [0.05, 0.1) is 24.0 Å². The van der Waals surface area contributed by atoms with Gasteiger partial charge < -0.3 is 10.2 Å². The Morgan fingerprint density at radius 2 is 2.08 bits per heavy atom. The molecule has 1 aliphatic heterocycles. The first-order valence-corrected chi connectivity index (χ1v) is 9.25. The molecular weight excluding hydrogens is 348 g/mol. The number of nitrogens with zero attached hydrogens (tertiary/aromatic N) is 3. The maximum absolute atomic E-state index is 13.0. The monoisotopic (exact) mass is 376 g/mol. The Morgan fingerprint density at radius 3 is 2.77 bits per heavy atom. The fourth-order valence-electron chi connectivity index (χ4n) is 3.73. The number of likely N-dealkylation sites (tertiary alicyclic amines) is 1. The summed E-state index contributed by atoms with van der Waals surface area (Å²) in [5, 5.41) is 7.75. The number of hydrogen-bond donors (Lipinski definition) is 1. The van der Waals surface area contributed by atoms with Crippen LogP contribution in [0.5, 0.6) is 0 Å². The summed E-state index contributed by atoms with van der Waals surface area (Å²) < 4.78 is 1.97. The number of carbonyl (C=O) groups is 1. The lowest BCUT2D eigenvalue weighted by molar-refractivity contribution is 0.0673. The van der Waals surface area contributed by atoms with Crippen molar-refractivity contribution in [3.8, 4) is 0 Å². The molecular formula is C20H29ClN4O. The van der Waals surface area contributed by atoms with Gasteiger partial charge in [0.1, 0.15) is 0 Å². The van der Waals surface area contributed by atoms with E-state index in [1.807, 2.05) is 34.8 Å². The maximum atomic E-state index is 13.0. The summed E-state index contributed by atoms with van der Waals surface area (Å²) in [5.74, 6) is 0.684. The molecule has 1 aliphatic rings. The molecule has 142 valence electrons. The molecule has 2 heterocycles. The summed E-state index contributed by atoms with van der Waals surface area (Å²) in [4.78, 5) is 15.1. The Balaban J connectivity index is 0.00000243. The zero-order valence-corrected chi connectivity index (χ0v) is 16.5. The third-order valence-electron chi connectivity index (χ3n) is 4.99. The third kappa shape index (κ3) is 4.65. The van der Waals surface area contributed by atoms with Crippen molar-refractivity contribution in [2.75, 3.05) is 26.7 Å². The topological polar surface area (TPSA) is 50.2 Å². The van der Waals surface area contributed by atoms with E-state index in [-0.39, 0.29) is 18.3 Å². The van der Waals surface area contributed by atoms with Crippen molar-refractivity contribution in [1.29, 1.82) is 0 Å². The Labute approximate surface area is 162 Å². The minimum atomic E-state index is 0. The third-order valence-corrected chi connectivity index (χ3v) is 4.99. The molecule has 1 fully saturated rings. The standard InChI is InChI=1S/C20H28N4O.ClH/c1-3-19-18(13-22-24(19)15-16-8-5-4-6-9-16)20(25)23-11-7-10-17(14-23)12-21-2;/h4-6,8-9,13,17,21H,3,7,10-12,14-15H2,1-2H3;1H. The SMILES string of the molecule is CCc1c(C(=O)N2CCCC(CNC)C2)cnn1Cc1ccccc1.Cl. The molecule has 0 saturated carbocycles. The molecule has 6 heteroatoms. The molecule has 26 heavy (non-hydrogen) atoms. The Bertz CT molecular complexity index is 699. The molecule has 1 unspecified atom stereocenters. The van der Waals surface area contributed by atoms with Crippen LogP contribution in [0.4, 0.5) is 0 Å². The Kier molecular flexibility index (Phi) is 7.66. The van der Waals surface area contributed by atoms with Crippen LogP contribution in [0.15, 0.2) is 36.5 Å². The Morgan fingerprint density at radius 1 is 1.31 bits per heavy atom. The van der Waals surface area contributed by atoms with Crippen molar-refractivity contribution >= 4 is 18.3 Å². The molecule has 0 spiro atoms. The molecule has 1 aromatic carbocycles. The highest BCUT2D eigenvalue weighted by Gasteiger charge is 2.27. The molecule has 0 radical (unpaired) electrons. The van der Waals surface area contributed by atoms with Crippen molar-refractivity contribution < 1.29 is 4.79 Å². The van der Waals surface area contributed by atoms with Crippen LogP contribution in [0.25, 0.3) is 0 Å². The van der Waals surface area contributed by atoms with Gasteiger partial charge in [-0.05, 0) is 44.3 Å². The smallest absolute Gasteiger partial charge is 0.257 e. The molecule has 1 N–H and O–H groups in total. The van der Waals surface area contributed by atoms with E-state index in [1.54, 1.807) is 6.20 Å². The van der Waals surface area contributed by atoms with Gasteiger partial charge in [0.25, 0.3) is 5.91 Å². The number of rotatable bonds is 6. The van der Waals surface area contributed by atoms with E-state index in [2.05, 4.69) is 29.5 Å². The van der Waals surface area contributed by atoms with Crippen LogP contribution in [0.3, 0.4) is 0 Å². The number of nitrogens with one attached hydrogen (secondary N) is 1. The first-order valence-electron chi connectivity index (χ1n) is 9.25. The van der Waals surface area contributed by atoms with Crippen LogP contribution in [-0.2, 0) is 13.0 Å². The molecule has 1 aromatic heterocycles. The number of hydrogen-bond acceptors (Lipinski definition) is 3. The van der Waals surface area contributed by atoms with Crippen molar-refractivity contribution in [2.24, 2.45) is 5.92 Å². The minimum Gasteiger partial charge on any atom is -0.338 e. The lowest BCUT2D eigenvalue weighted by Gasteiger charge is -2.32. The second kappa shape index (κ2) is 9.74. The van der Waals surface area contributed by atoms with Gasteiger partial charge in [-0.25, -0.2) is 0 Å². The van der Waals surface area contributed by atoms with Crippen LogP contribution >= 0.6 is 12.4 Å². The van der Waals surface area contributed by atoms with Crippen LogP contribution < -0.4 is 5.32 Å². The van der Waals surface area contributed by atoms with E-state index in [4.69, 9.17) is 0 Å². The van der Waals surface area contributed by atoms with Crippen molar-refractivity contribution in [2.45, 2.75) is 32.7 Å². The number of piperidine rings is 1. The van der Waals surface area contributed by atoms with Gasteiger partial charge in [-0.3, -0.25) is 9.48 Å². The van der Waals surface area contributed by atoms with Crippen LogP contribution in [0.2, 0.25) is 0 Å². The molecule has 0 bridgehead atoms. The summed E-state index contributed by atoms with van der Waals surface area (Å²) in [6, 6.07) is 10.3. The normalized spacial score (nSPS) is 17.0. The van der Waals surface area contributed by atoms with Gasteiger partial charge >= 0.3 is 0 Å². The fraction of sp³-hybridized carbons (Fsp3) is 0.500. The average molecular weight is 377 g/mol. The molecule has 3 rings (SSSR count). The first-order chi connectivity index (χ1) is 12.2. The van der Waals surface area contributed by atoms with Gasteiger partial charge in [0.2, 0.25) is 0 Å². The highest BCUT2D eigenvalue weighted by Crippen LogP contribution is 2.20. The first kappa shape index (κ1) is 20.5. The van der Waals surface area contributed by atoms with Crippen LogP contribution in [0.1, 0.15) is 41.4 Å². The summed E-state index contributed by atoms with van der Waals surface area (Å²) >= 11 is 0. The second-order valence-electron chi connectivity index (χ2n) is 6.82. The van der Waals surface area contributed by atoms with Crippen molar-refractivity contribution in [3.05, 3.63) is 53.3 Å². The van der Waals surface area contributed by atoms with Crippen LogP contribution in [0, 0.1) is 5.92 Å². The zero-order valence-electron chi connectivity index (χ0n) is 15.6.